The molecule has 0 spiro atoms. The molecule has 4 amide bonds. The summed E-state index contributed by atoms with van der Waals surface area (Å²) in [6.07, 6.45) is -3.60. The zero-order chi connectivity index (χ0) is 78.5. The molecule has 1 saturated heterocycles. The van der Waals surface area contributed by atoms with Crippen LogP contribution in [0.1, 0.15) is 92.1 Å². The fourth-order valence-electron chi connectivity index (χ4n) is 11.7. The molecule has 3 heterocycles. The molecule has 109 heavy (non-hydrogen) atoms. The van der Waals surface area contributed by atoms with Crippen LogP contribution in [0.3, 0.4) is 0 Å². The number of benzene rings is 6. The molecule has 0 saturated carbocycles. The van der Waals surface area contributed by atoms with Crippen LogP contribution in [0.25, 0.3) is 33.4 Å². The minimum Gasteiger partial charge on any atom is -0.545 e. The number of carbonyl (C=O) groups excluding carboxylic acids is 5. The Morgan fingerprint density at radius 1 is 0.734 bits per heavy atom. The van der Waals surface area contributed by atoms with Crippen molar-refractivity contribution in [1.82, 2.24) is 40.8 Å². The van der Waals surface area contributed by atoms with Crippen molar-refractivity contribution in [2.75, 3.05) is 98.7 Å². The van der Waals surface area contributed by atoms with E-state index in [1.54, 1.807) is 62.0 Å². The van der Waals surface area contributed by atoms with Gasteiger partial charge in [0.1, 0.15) is 90.1 Å². The van der Waals surface area contributed by atoms with Gasteiger partial charge in [0.2, 0.25) is 17.2 Å². The van der Waals surface area contributed by atoms with Crippen LogP contribution in [0.2, 0.25) is 0 Å². The van der Waals surface area contributed by atoms with Crippen molar-refractivity contribution in [3.8, 4) is 33.9 Å². The summed E-state index contributed by atoms with van der Waals surface area (Å²) in [6, 6.07) is 30.7. The molecule has 0 unspecified atom stereocenters. The number of anilines is 2. The number of fused-ring (bicyclic) bond motifs is 2. The van der Waals surface area contributed by atoms with Gasteiger partial charge in [-0.2, -0.15) is 10.2 Å². The predicted molar refractivity (Wildman–Crippen MR) is 401 cm³/mol. The molecule has 1 aliphatic carbocycles. The van der Waals surface area contributed by atoms with Crippen LogP contribution in [0.4, 0.5) is 44.6 Å². The molecule has 33 heteroatoms. The fraction of sp³-hybridized carbons (Fsp3) is 0.421. The summed E-state index contributed by atoms with van der Waals surface area (Å²) in [7, 11) is 12.5. The van der Waals surface area contributed by atoms with E-state index in [-0.39, 0.29) is 75.0 Å². The molecule has 0 radical (unpaired) electrons. The first kappa shape index (κ1) is 81.7. The second-order valence-corrected chi connectivity index (χ2v) is 27.3. The number of nitro benzene ring substituents is 1. The molecular formula is C76H93N15O18. The molecule has 2 aliphatic heterocycles. The number of amides is 4. The van der Waals surface area contributed by atoms with Crippen molar-refractivity contribution in [2.24, 2.45) is 20.5 Å². The molecule has 6 aromatic rings. The fourth-order valence-corrected chi connectivity index (χ4v) is 11.7. The van der Waals surface area contributed by atoms with Crippen molar-refractivity contribution in [2.45, 2.75) is 121 Å². The quantitative estimate of drug-likeness (QED) is 0.00492. The second kappa shape index (κ2) is 38.4. The van der Waals surface area contributed by atoms with Gasteiger partial charge in [0.15, 0.2) is 6.29 Å². The standard InChI is InChI=1S/C76H93N15O18/c1-76(2,3)109-75(100)79-32-12-11-16-58(80-71(96)46-18-29-54(57(38-46)73(98)99)67-55-30-27-52(87(4)5)39-61(55)107-62-40-53(88(6)7)28-31-56(62)67)72(97)78-33-14-36-90-43-49(83-86-90)44-105-45-65-68(93)69(94)70(95)74(108-65)106-37-15-34-77-66(92)17-13-35-89(8)50-23-19-47(20-24-50)81-84-59-41-64(104-10)60(42-63(59)103-9)85-82-48-21-25-51(26-22-48)91(101)102/h18-31,38-43,58,65,68-70,74,93-95H,11-17,32-37,44-45H2,1-10H3,(H4-,77,78,79,80,92,96,97,98,99,100)/b84-81+,85-82+/t58-,65-,68-,69+,70-,74-/m1/s1. The summed E-state index contributed by atoms with van der Waals surface area (Å²) in [6.45, 7) is 6.51. The average Bonchev–Trinajstić information content (AvgIpc) is 0.790. The SMILES string of the molecule is COc1cc(/N=N/c2ccc([N+](=O)[O-])cc2)c(OC)cc1/N=N/c1ccc(N(C)CCCC(=O)NCCCO[C@@H]2O[C@H](COCc3cn(CCCNC(=O)[C@@H](CCCCNC(=O)OC(C)(C)C)NC(=O)c4ccc(-c5c6ccc(=[N+](C)C)cc-6oc6cc(N(C)C)ccc56)c(C(=O)[O-])c4)nn3)[C@@H](O)[C@H](O)[C@H]2O)cc1. The van der Waals surface area contributed by atoms with Crippen LogP contribution in [0.15, 0.2) is 146 Å². The summed E-state index contributed by atoms with van der Waals surface area (Å²) in [5.74, 6) is -1.69. The summed E-state index contributed by atoms with van der Waals surface area (Å²) < 4.78 is 43.7. The minimum atomic E-state index is -1.62. The lowest BCUT2D eigenvalue weighted by Gasteiger charge is -2.40. The van der Waals surface area contributed by atoms with Crippen LogP contribution in [0.5, 0.6) is 11.5 Å². The van der Waals surface area contributed by atoms with E-state index in [1.165, 1.54) is 50.6 Å². The lowest BCUT2D eigenvalue weighted by molar-refractivity contribution is -0.384. The van der Waals surface area contributed by atoms with E-state index in [0.717, 1.165) is 16.7 Å². The van der Waals surface area contributed by atoms with Crippen molar-refractivity contribution in [3.05, 3.63) is 154 Å². The number of aromatic carboxylic acids is 1. The third kappa shape index (κ3) is 22.8. The van der Waals surface area contributed by atoms with Gasteiger partial charge >= 0.3 is 6.09 Å². The van der Waals surface area contributed by atoms with Crippen LogP contribution >= 0.6 is 0 Å². The molecule has 33 nitrogen and oxygen atoms in total. The summed E-state index contributed by atoms with van der Waals surface area (Å²) in [5, 5.41) is 94.6. The number of aromatic nitrogens is 3. The highest BCUT2D eigenvalue weighted by atomic mass is 16.7. The number of unbranched alkanes of at least 4 members (excludes halogenated alkanes) is 1. The largest absolute Gasteiger partial charge is 0.545 e. The number of hydrogen-bond acceptors (Lipinski definition) is 26. The summed E-state index contributed by atoms with van der Waals surface area (Å²) in [4.78, 5) is 80.8. The predicted octanol–water partition coefficient (Wildman–Crippen LogP) is 7.78. The van der Waals surface area contributed by atoms with Crippen molar-refractivity contribution >= 4 is 80.6 Å². The van der Waals surface area contributed by atoms with Crippen LogP contribution in [0, 0.1) is 10.1 Å². The highest BCUT2D eigenvalue weighted by Crippen LogP contribution is 2.44. The number of hydrogen-bond donors (Lipinski definition) is 7. The minimum absolute atomic E-state index is 0.0276. The van der Waals surface area contributed by atoms with E-state index in [4.69, 9.17) is 32.8 Å². The van der Waals surface area contributed by atoms with Gasteiger partial charge in [-0.05, 0) is 132 Å². The number of carboxylic acids is 1. The van der Waals surface area contributed by atoms with E-state index >= 15 is 0 Å². The number of nitrogens with zero attached hydrogens (tertiary/aromatic N) is 11. The van der Waals surface area contributed by atoms with Gasteiger partial charge < -0.3 is 89.1 Å². The molecule has 6 atom stereocenters. The molecule has 1 fully saturated rings. The normalized spacial score (nSPS) is 16.1. The highest BCUT2D eigenvalue weighted by Gasteiger charge is 2.44. The van der Waals surface area contributed by atoms with E-state index < -0.39 is 71.1 Å². The lowest BCUT2D eigenvalue weighted by atomic mass is 9.89. The van der Waals surface area contributed by atoms with Crippen LogP contribution < -0.4 is 55.6 Å². The Labute approximate surface area is 629 Å². The molecule has 5 aromatic carbocycles. The Balaban J connectivity index is 0.699. The number of nitro groups is 1. The number of azo groups is 2. The average molecular weight is 1500 g/mol. The van der Waals surface area contributed by atoms with Gasteiger partial charge in [0.25, 0.3) is 11.6 Å². The molecule has 9 rings (SSSR count). The first-order valence-corrected chi connectivity index (χ1v) is 35.5. The summed E-state index contributed by atoms with van der Waals surface area (Å²) in [5.41, 5.74) is 4.79. The van der Waals surface area contributed by atoms with Crippen LogP contribution in [-0.2, 0) is 41.7 Å². The number of ether oxygens (including phenoxy) is 6. The van der Waals surface area contributed by atoms with Gasteiger partial charge in [-0.15, -0.1) is 15.3 Å². The third-order valence-electron chi connectivity index (χ3n) is 17.6. The number of carbonyl (C=O) groups is 5. The Morgan fingerprint density at radius 2 is 1.39 bits per heavy atom. The molecule has 7 N–H and O–H groups in total. The number of non-ortho nitro benzene ring substituents is 1. The first-order chi connectivity index (χ1) is 52.2. The number of rotatable bonds is 36. The molecule has 3 aliphatic rings. The molecule has 580 valence electrons. The van der Waals surface area contributed by atoms with E-state index in [9.17, 15) is 54.5 Å². The Morgan fingerprint density at radius 3 is 2.05 bits per heavy atom. The van der Waals surface area contributed by atoms with Gasteiger partial charge in [-0.3, -0.25) is 29.2 Å². The molecule has 0 bridgehead atoms. The van der Waals surface area contributed by atoms with Crippen molar-refractivity contribution in [1.29, 1.82) is 0 Å². The van der Waals surface area contributed by atoms with Gasteiger partial charge in [-0.1, -0.05) is 11.3 Å². The number of carboxylic acid groups (broad SMARTS) is 1. The van der Waals surface area contributed by atoms with Crippen LogP contribution in [-0.4, -0.2) is 196 Å². The second-order valence-electron chi connectivity index (χ2n) is 27.3. The Hall–Kier alpha value is -11.4. The molecular weight excluding hydrogens is 1410 g/mol. The zero-order valence-corrected chi connectivity index (χ0v) is 62.5. The van der Waals surface area contributed by atoms with Crippen molar-refractivity contribution < 1.29 is 82.2 Å². The van der Waals surface area contributed by atoms with Gasteiger partial charge in [0.05, 0.1) is 68.6 Å². The van der Waals surface area contributed by atoms with Gasteiger partial charge in [0, 0.05) is 136 Å². The maximum absolute atomic E-state index is 14.2. The first-order valence-electron chi connectivity index (χ1n) is 35.5. The monoisotopic (exact) mass is 1500 g/mol. The number of aliphatic hydroxyl groups excluding tert-OH is 3. The number of alkyl carbamates (subject to hydrolysis) is 1. The Bertz CT molecular complexity index is 4580. The summed E-state index contributed by atoms with van der Waals surface area (Å²) >= 11 is 0. The topological polar surface area (TPSA) is 419 Å². The van der Waals surface area contributed by atoms with Crippen molar-refractivity contribution in [3.63, 3.8) is 0 Å². The zero-order valence-electron chi connectivity index (χ0n) is 62.5. The molecule has 1 aromatic heterocycles. The van der Waals surface area contributed by atoms with E-state index in [2.05, 4.69) is 52.0 Å². The number of aliphatic hydroxyl groups is 3. The Kier molecular flexibility index (Phi) is 28.8. The number of nitrogens with one attached hydrogen (secondary N) is 4. The smallest absolute Gasteiger partial charge is 0.407 e. The number of methoxy groups -OCH3 is 2. The van der Waals surface area contributed by atoms with E-state index in [1.807, 2.05) is 98.1 Å². The third-order valence-corrected chi connectivity index (χ3v) is 17.6. The maximum Gasteiger partial charge on any atom is 0.407 e. The van der Waals surface area contributed by atoms with E-state index in [0.29, 0.717) is 119 Å². The maximum atomic E-state index is 14.2. The highest BCUT2D eigenvalue weighted by molar-refractivity contribution is 6.09. The van der Waals surface area contributed by atoms with Gasteiger partial charge in [-0.25, -0.2) is 9.37 Å². The number of aryl methyl sites for hydroxylation is 1. The lowest BCUT2D eigenvalue weighted by Crippen LogP contribution is -2.59.